The van der Waals surface area contributed by atoms with E-state index in [0.29, 0.717) is 24.9 Å². The average Bonchev–Trinajstić information content (AvgIpc) is 3.30. The van der Waals surface area contributed by atoms with E-state index >= 15 is 0 Å². The van der Waals surface area contributed by atoms with Gasteiger partial charge in [-0.25, -0.2) is 4.98 Å². The maximum Gasteiger partial charge on any atom is 0.240 e. The molecule has 0 atom stereocenters. The molecule has 0 unspecified atom stereocenters. The van der Waals surface area contributed by atoms with Crippen LogP contribution in [0.15, 0.2) is 33.2 Å². The Balaban J connectivity index is 1.18. The van der Waals surface area contributed by atoms with Crippen LogP contribution in [-0.4, -0.2) is 64.8 Å². The molecule has 8 heteroatoms. The molecule has 1 aromatic carbocycles. The van der Waals surface area contributed by atoms with Crippen molar-refractivity contribution >= 4 is 11.1 Å². The minimum atomic E-state index is 0.386. The summed E-state index contributed by atoms with van der Waals surface area (Å²) in [6.45, 7) is 6.25. The number of aromatic nitrogens is 3. The van der Waals surface area contributed by atoms with E-state index in [0.717, 1.165) is 62.6 Å². The van der Waals surface area contributed by atoms with Crippen molar-refractivity contribution in [2.45, 2.75) is 26.0 Å². The third-order valence-electron chi connectivity index (χ3n) is 4.81. The van der Waals surface area contributed by atoms with E-state index in [4.69, 9.17) is 13.7 Å². The van der Waals surface area contributed by atoms with Crippen molar-refractivity contribution in [2.24, 2.45) is 0 Å². The summed E-state index contributed by atoms with van der Waals surface area (Å²) in [6.07, 6.45) is 1.93. The van der Waals surface area contributed by atoms with Gasteiger partial charge in [0.1, 0.15) is 12.1 Å². The minimum Gasteiger partial charge on any atom is -0.441 e. The van der Waals surface area contributed by atoms with Crippen molar-refractivity contribution in [1.82, 2.24) is 24.9 Å². The number of fused-ring (bicyclic) bond motifs is 1. The van der Waals surface area contributed by atoms with Gasteiger partial charge in [-0.15, -0.1) is 0 Å². The molecule has 0 amide bonds. The Morgan fingerprint density at radius 1 is 1.04 bits per heavy atom. The highest BCUT2D eigenvalue weighted by Crippen LogP contribution is 2.16. The molecule has 0 radical (unpaired) electrons. The molecular weight excluding hydrogens is 346 g/mol. The molecule has 0 spiro atoms. The second-order valence-electron chi connectivity index (χ2n) is 6.83. The van der Waals surface area contributed by atoms with E-state index in [1.807, 2.05) is 24.3 Å². The van der Waals surface area contributed by atoms with Gasteiger partial charge < -0.3 is 18.6 Å². The first kappa shape index (κ1) is 18.1. The van der Waals surface area contributed by atoms with Crippen molar-refractivity contribution < 1.29 is 13.7 Å². The molecule has 0 bridgehead atoms. The Morgan fingerprint density at radius 3 is 2.67 bits per heavy atom. The second kappa shape index (κ2) is 8.60. The minimum absolute atomic E-state index is 0.386. The van der Waals surface area contributed by atoms with Crippen LogP contribution in [0.4, 0.5) is 0 Å². The number of rotatable bonds is 8. The Kier molecular flexibility index (Phi) is 5.76. The summed E-state index contributed by atoms with van der Waals surface area (Å²) in [4.78, 5) is 13.7. The second-order valence-corrected chi connectivity index (χ2v) is 6.83. The Morgan fingerprint density at radius 2 is 1.85 bits per heavy atom. The van der Waals surface area contributed by atoms with Crippen LogP contribution in [-0.2, 0) is 24.3 Å². The molecule has 2 aromatic heterocycles. The number of para-hydroxylation sites is 2. The quantitative estimate of drug-likeness (QED) is 0.596. The van der Waals surface area contributed by atoms with Gasteiger partial charge in [0.15, 0.2) is 17.3 Å². The molecular formula is C19H25N5O3. The number of benzene rings is 1. The predicted octanol–water partition coefficient (Wildman–Crippen LogP) is 2.11. The zero-order valence-electron chi connectivity index (χ0n) is 15.6. The van der Waals surface area contributed by atoms with Gasteiger partial charge >= 0.3 is 0 Å². The number of hydrogen-bond donors (Lipinski definition) is 0. The molecule has 1 aliphatic rings. The number of nitrogens with zero attached hydrogens (tertiary/aromatic N) is 5. The number of hydrogen-bond acceptors (Lipinski definition) is 8. The summed E-state index contributed by atoms with van der Waals surface area (Å²) >= 11 is 0. The summed E-state index contributed by atoms with van der Waals surface area (Å²) in [7, 11) is 1.62. The van der Waals surface area contributed by atoms with E-state index in [1.165, 1.54) is 0 Å². The van der Waals surface area contributed by atoms with Crippen molar-refractivity contribution in [3.63, 3.8) is 0 Å². The lowest BCUT2D eigenvalue weighted by Gasteiger charge is -2.33. The molecule has 1 aliphatic heterocycles. The highest BCUT2D eigenvalue weighted by atomic mass is 16.5. The van der Waals surface area contributed by atoms with Gasteiger partial charge in [-0.3, -0.25) is 4.90 Å². The summed E-state index contributed by atoms with van der Waals surface area (Å²) in [5.41, 5.74) is 1.81. The van der Waals surface area contributed by atoms with Crippen molar-refractivity contribution in [3.05, 3.63) is 41.9 Å². The first-order valence-electron chi connectivity index (χ1n) is 9.40. The summed E-state index contributed by atoms with van der Waals surface area (Å²) in [5, 5.41) is 3.91. The first-order chi connectivity index (χ1) is 13.3. The van der Waals surface area contributed by atoms with E-state index in [2.05, 4.69) is 24.9 Å². The monoisotopic (exact) mass is 371 g/mol. The van der Waals surface area contributed by atoms with Crippen LogP contribution < -0.4 is 0 Å². The van der Waals surface area contributed by atoms with Crippen LogP contribution in [0.1, 0.15) is 24.0 Å². The molecule has 4 rings (SSSR count). The van der Waals surface area contributed by atoms with Gasteiger partial charge in [0.25, 0.3) is 0 Å². The van der Waals surface area contributed by atoms with E-state index in [-0.39, 0.29) is 0 Å². The molecule has 27 heavy (non-hydrogen) atoms. The van der Waals surface area contributed by atoms with Gasteiger partial charge in [0.05, 0.1) is 6.54 Å². The Labute approximate surface area is 158 Å². The lowest BCUT2D eigenvalue weighted by Crippen LogP contribution is -2.46. The van der Waals surface area contributed by atoms with E-state index < -0.39 is 0 Å². The van der Waals surface area contributed by atoms with E-state index in [9.17, 15) is 0 Å². The molecule has 3 heterocycles. The molecule has 144 valence electrons. The molecule has 1 saturated heterocycles. The standard InChI is InChI=1S/C19H25N5O3/c1-25-14-17-21-19(27-22-17)13-24-11-9-23(10-12-24)8-4-7-18-20-15-5-2-3-6-16(15)26-18/h2-3,5-6H,4,7-14H2,1H3. The fourth-order valence-electron chi connectivity index (χ4n) is 3.39. The Hall–Kier alpha value is -2.29. The maximum atomic E-state index is 5.79. The third-order valence-corrected chi connectivity index (χ3v) is 4.81. The van der Waals surface area contributed by atoms with Gasteiger partial charge in [-0.1, -0.05) is 17.3 Å². The van der Waals surface area contributed by atoms with Crippen LogP contribution in [0, 0.1) is 0 Å². The van der Waals surface area contributed by atoms with Crippen LogP contribution in [0.3, 0.4) is 0 Å². The normalized spacial score (nSPS) is 16.3. The van der Waals surface area contributed by atoms with Crippen molar-refractivity contribution in [1.29, 1.82) is 0 Å². The number of piperazine rings is 1. The molecule has 0 N–H and O–H groups in total. The smallest absolute Gasteiger partial charge is 0.240 e. The van der Waals surface area contributed by atoms with Crippen LogP contribution in [0.2, 0.25) is 0 Å². The molecule has 3 aromatic rings. The average molecular weight is 371 g/mol. The highest BCUT2D eigenvalue weighted by molar-refractivity contribution is 5.72. The number of ether oxygens (including phenoxy) is 1. The maximum absolute atomic E-state index is 5.79. The number of methoxy groups -OCH3 is 1. The number of aryl methyl sites for hydroxylation is 1. The van der Waals surface area contributed by atoms with Gasteiger partial charge in [-0.2, -0.15) is 4.98 Å². The lowest BCUT2D eigenvalue weighted by molar-refractivity contribution is 0.115. The molecule has 0 aliphatic carbocycles. The third kappa shape index (κ3) is 4.71. The fraction of sp³-hybridized carbons (Fsp3) is 0.526. The SMILES string of the molecule is COCc1noc(CN2CCN(CCCc3nc4ccccc4o3)CC2)n1. The molecule has 8 nitrogen and oxygen atoms in total. The van der Waals surface area contributed by atoms with Crippen molar-refractivity contribution in [2.75, 3.05) is 39.8 Å². The molecule has 1 fully saturated rings. The lowest BCUT2D eigenvalue weighted by atomic mass is 10.2. The summed E-state index contributed by atoms with van der Waals surface area (Å²) in [6, 6.07) is 7.92. The zero-order chi connectivity index (χ0) is 18.5. The summed E-state index contributed by atoms with van der Waals surface area (Å²) in [5.74, 6) is 2.09. The number of oxazole rings is 1. The fourth-order valence-corrected chi connectivity index (χ4v) is 3.39. The Bertz CT molecular complexity index is 821. The highest BCUT2D eigenvalue weighted by Gasteiger charge is 2.19. The zero-order valence-corrected chi connectivity index (χ0v) is 15.6. The first-order valence-corrected chi connectivity index (χ1v) is 9.40. The van der Waals surface area contributed by atoms with Crippen molar-refractivity contribution in [3.8, 4) is 0 Å². The topological polar surface area (TPSA) is 80.7 Å². The van der Waals surface area contributed by atoms with Gasteiger partial charge in [-0.05, 0) is 25.1 Å². The van der Waals surface area contributed by atoms with Gasteiger partial charge in [0.2, 0.25) is 5.89 Å². The van der Waals surface area contributed by atoms with Crippen LogP contribution in [0.25, 0.3) is 11.1 Å². The van der Waals surface area contributed by atoms with Gasteiger partial charge in [0, 0.05) is 39.7 Å². The summed E-state index contributed by atoms with van der Waals surface area (Å²) < 4.78 is 16.1. The van der Waals surface area contributed by atoms with Crippen LogP contribution >= 0.6 is 0 Å². The molecule has 0 saturated carbocycles. The largest absolute Gasteiger partial charge is 0.441 e. The predicted molar refractivity (Wildman–Crippen MR) is 99.1 cm³/mol. The van der Waals surface area contributed by atoms with Crippen LogP contribution in [0.5, 0.6) is 0 Å². The van der Waals surface area contributed by atoms with E-state index in [1.54, 1.807) is 7.11 Å².